The van der Waals surface area contributed by atoms with Gasteiger partial charge in [0.15, 0.2) is 0 Å². The quantitative estimate of drug-likeness (QED) is 0.576. The van der Waals surface area contributed by atoms with Gasteiger partial charge in [-0.25, -0.2) is 4.79 Å². The van der Waals surface area contributed by atoms with Crippen LogP contribution in [0.15, 0.2) is 0 Å². The molecule has 6 nitrogen and oxygen atoms in total. The molecule has 1 aliphatic heterocycles. The summed E-state index contributed by atoms with van der Waals surface area (Å²) in [6.45, 7) is 2.65. The molecule has 0 aromatic carbocycles. The number of hydrogen-bond acceptors (Lipinski definition) is 4. The second-order valence-corrected chi connectivity index (χ2v) is 5.06. The van der Waals surface area contributed by atoms with Crippen molar-refractivity contribution in [1.82, 2.24) is 4.90 Å². The molecule has 0 spiro atoms. The van der Waals surface area contributed by atoms with E-state index in [4.69, 9.17) is 11.5 Å². The molecule has 6 heteroatoms. The number of carbonyl (C=O) groups excluding carboxylic acids is 1. The standard InChI is InChI=1S/C12H23N3O3/c1-12(11(17)18)6-4-8-15(12)10(16)9(14)5-2-3-7-13/h9H,2-8,13-14H2,1H3,(H,17,18)/t9-,12-/m0/s1. The van der Waals surface area contributed by atoms with Crippen molar-refractivity contribution in [2.24, 2.45) is 11.5 Å². The van der Waals surface area contributed by atoms with E-state index in [0.717, 1.165) is 12.8 Å². The molecule has 104 valence electrons. The molecule has 0 radical (unpaired) electrons. The van der Waals surface area contributed by atoms with Crippen LogP contribution in [0.1, 0.15) is 39.0 Å². The summed E-state index contributed by atoms with van der Waals surface area (Å²) < 4.78 is 0. The van der Waals surface area contributed by atoms with Gasteiger partial charge in [-0.3, -0.25) is 4.79 Å². The molecule has 0 saturated carbocycles. The van der Waals surface area contributed by atoms with Crippen molar-refractivity contribution < 1.29 is 14.7 Å². The van der Waals surface area contributed by atoms with Gasteiger partial charge in [-0.15, -0.1) is 0 Å². The molecule has 1 aliphatic rings. The average Bonchev–Trinajstić information content (AvgIpc) is 2.72. The Kier molecular flexibility index (Phi) is 5.10. The van der Waals surface area contributed by atoms with Crippen molar-refractivity contribution in [3.8, 4) is 0 Å². The summed E-state index contributed by atoms with van der Waals surface area (Å²) in [5.41, 5.74) is 10.1. The van der Waals surface area contributed by atoms with Crippen LogP contribution in [0.3, 0.4) is 0 Å². The Hall–Kier alpha value is -1.14. The maximum absolute atomic E-state index is 12.2. The predicted octanol–water partition coefficient (Wildman–Crippen LogP) is -0.0916. The highest BCUT2D eigenvalue weighted by atomic mass is 16.4. The topological polar surface area (TPSA) is 110 Å². The van der Waals surface area contributed by atoms with E-state index in [1.54, 1.807) is 6.92 Å². The minimum atomic E-state index is -1.09. The Balaban J connectivity index is 2.62. The third-order valence-electron chi connectivity index (χ3n) is 3.65. The first-order valence-corrected chi connectivity index (χ1v) is 6.44. The molecule has 5 N–H and O–H groups in total. The lowest BCUT2D eigenvalue weighted by Gasteiger charge is -2.33. The van der Waals surface area contributed by atoms with E-state index in [0.29, 0.717) is 32.4 Å². The number of carbonyl (C=O) groups is 2. The van der Waals surface area contributed by atoms with Crippen LogP contribution in [0.4, 0.5) is 0 Å². The number of unbranched alkanes of at least 4 members (excludes halogenated alkanes) is 1. The summed E-state index contributed by atoms with van der Waals surface area (Å²) in [6, 6.07) is -0.617. The minimum absolute atomic E-state index is 0.255. The summed E-state index contributed by atoms with van der Waals surface area (Å²) in [6.07, 6.45) is 3.38. The van der Waals surface area contributed by atoms with Crippen molar-refractivity contribution in [1.29, 1.82) is 0 Å². The Morgan fingerprint density at radius 1 is 1.44 bits per heavy atom. The first kappa shape index (κ1) is 14.9. The third kappa shape index (κ3) is 3.00. The van der Waals surface area contributed by atoms with Crippen molar-refractivity contribution in [2.75, 3.05) is 13.1 Å². The smallest absolute Gasteiger partial charge is 0.329 e. The van der Waals surface area contributed by atoms with E-state index in [1.807, 2.05) is 0 Å². The average molecular weight is 257 g/mol. The lowest BCUT2D eigenvalue weighted by Crippen LogP contribution is -2.55. The predicted molar refractivity (Wildman–Crippen MR) is 67.9 cm³/mol. The molecule has 1 fully saturated rings. The fourth-order valence-corrected chi connectivity index (χ4v) is 2.37. The van der Waals surface area contributed by atoms with E-state index in [1.165, 1.54) is 4.90 Å². The van der Waals surface area contributed by atoms with Gasteiger partial charge < -0.3 is 21.5 Å². The Labute approximate surface area is 107 Å². The third-order valence-corrected chi connectivity index (χ3v) is 3.65. The Morgan fingerprint density at radius 2 is 2.11 bits per heavy atom. The number of hydrogen-bond donors (Lipinski definition) is 3. The number of aliphatic carboxylic acids is 1. The first-order valence-electron chi connectivity index (χ1n) is 6.44. The fraction of sp³-hybridized carbons (Fsp3) is 0.833. The maximum atomic E-state index is 12.2. The van der Waals surface area contributed by atoms with Gasteiger partial charge in [-0.1, -0.05) is 6.42 Å². The van der Waals surface area contributed by atoms with Crippen LogP contribution < -0.4 is 11.5 Å². The van der Waals surface area contributed by atoms with Gasteiger partial charge in [0.2, 0.25) is 5.91 Å². The van der Waals surface area contributed by atoms with Crippen LogP contribution in [0.5, 0.6) is 0 Å². The van der Waals surface area contributed by atoms with Crippen molar-refractivity contribution in [3.05, 3.63) is 0 Å². The van der Waals surface area contributed by atoms with Crippen LogP contribution >= 0.6 is 0 Å². The van der Waals surface area contributed by atoms with Crippen LogP contribution in [0.2, 0.25) is 0 Å². The van der Waals surface area contributed by atoms with Gasteiger partial charge >= 0.3 is 5.97 Å². The molecule has 0 bridgehead atoms. The highest BCUT2D eigenvalue weighted by Gasteiger charge is 2.46. The number of rotatable bonds is 6. The van der Waals surface area contributed by atoms with Crippen LogP contribution in [-0.4, -0.2) is 46.6 Å². The molecule has 0 aromatic heterocycles. The highest BCUT2D eigenvalue weighted by molar-refractivity contribution is 5.89. The molecular weight excluding hydrogens is 234 g/mol. The summed E-state index contributed by atoms with van der Waals surface area (Å²) >= 11 is 0. The zero-order valence-electron chi connectivity index (χ0n) is 10.9. The second kappa shape index (κ2) is 6.15. The summed E-state index contributed by atoms with van der Waals surface area (Å²) in [7, 11) is 0. The lowest BCUT2D eigenvalue weighted by atomic mass is 9.98. The van der Waals surface area contributed by atoms with Crippen molar-refractivity contribution >= 4 is 11.9 Å². The number of carboxylic acids is 1. The first-order chi connectivity index (χ1) is 8.43. The molecule has 1 heterocycles. The summed E-state index contributed by atoms with van der Waals surface area (Å²) in [5.74, 6) is -1.21. The largest absolute Gasteiger partial charge is 0.480 e. The van der Waals surface area contributed by atoms with Gasteiger partial charge in [-0.05, 0) is 39.2 Å². The number of nitrogens with two attached hydrogens (primary N) is 2. The van der Waals surface area contributed by atoms with Gasteiger partial charge in [0.25, 0.3) is 0 Å². The zero-order chi connectivity index (χ0) is 13.8. The minimum Gasteiger partial charge on any atom is -0.480 e. The van der Waals surface area contributed by atoms with Gasteiger partial charge in [0.05, 0.1) is 6.04 Å². The molecular formula is C12H23N3O3. The number of nitrogens with zero attached hydrogens (tertiary/aromatic N) is 1. The van der Waals surface area contributed by atoms with E-state index in [-0.39, 0.29) is 5.91 Å². The highest BCUT2D eigenvalue weighted by Crippen LogP contribution is 2.30. The van der Waals surface area contributed by atoms with Gasteiger partial charge in [-0.2, -0.15) is 0 Å². The molecule has 0 aromatic rings. The SMILES string of the molecule is C[C@@]1(C(=O)O)CCCN1C(=O)[C@@H](N)CCCCN. The lowest BCUT2D eigenvalue weighted by molar-refractivity contribution is -0.155. The monoisotopic (exact) mass is 257 g/mol. The second-order valence-electron chi connectivity index (χ2n) is 5.06. The number of carboxylic acid groups (broad SMARTS) is 1. The molecule has 2 atom stereocenters. The van der Waals surface area contributed by atoms with E-state index >= 15 is 0 Å². The number of likely N-dealkylation sites (tertiary alicyclic amines) is 1. The van der Waals surface area contributed by atoms with Gasteiger partial charge in [0, 0.05) is 6.54 Å². The molecule has 1 amide bonds. The Bertz CT molecular complexity index is 322. The zero-order valence-corrected chi connectivity index (χ0v) is 10.9. The van der Waals surface area contributed by atoms with Crippen LogP contribution in [0.25, 0.3) is 0 Å². The number of amides is 1. The van der Waals surface area contributed by atoms with Gasteiger partial charge in [0.1, 0.15) is 5.54 Å². The summed E-state index contributed by atoms with van der Waals surface area (Å²) in [4.78, 5) is 24.9. The van der Waals surface area contributed by atoms with Crippen molar-refractivity contribution in [3.63, 3.8) is 0 Å². The molecule has 18 heavy (non-hydrogen) atoms. The summed E-state index contributed by atoms with van der Waals surface area (Å²) in [5, 5.41) is 9.24. The Morgan fingerprint density at radius 3 is 2.67 bits per heavy atom. The molecule has 1 saturated heterocycles. The van der Waals surface area contributed by atoms with Crippen LogP contribution in [0, 0.1) is 0 Å². The maximum Gasteiger partial charge on any atom is 0.329 e. The normalized spacial score (nSPS) is 25.2. The molecule has 0 unspecified atom stereocenters. The molecule has 1 rings (SSSR count). The van der Waals surface area contributed by atoms with E-state index in [9.17, 15) is 14.7 Å². The van der Waals surface area contributed by atoms with Crippen LogP contribution in [-0.2, 0) is 9.59 Å². The van der Waals surface area contributed by atoms with E-state index in [2.05, 4.69) is 0 Å². The van der Waals surface area contributed by atoms with Crippen molar-refractivity contribution in [2.45, 2.75) is 50.6 Å². The fourth-order valence-electron chi connectivity index (χ4n) is 2.37. The van der Waals surface area contributed by atoms with E-state index < -0.39 is 17.6 Å². The molecule has 0 aliphatic carbocycles.